The van der Waals surface area contributed by atoms with Crippen molar-refractivity contribution in [3.05, 3.63) is 11.7 Å². The van der Waals surface area contributed by atoms with Gasteiger partial charge in [-0.05, 0) is 12.2 Å². The van der Waals surface area contributed by atoms with E-state index in [9.17, 15) is 14.7 Å². The van der Waals surface area contributed by atoms with E-state index in [1.807, 2.05) is 0 Å². The van der Waals surface area contributed by atoms with Gasteiger partial charge in [-0.1, -0.05) is 5.16 Å². The van der Waals surface area contributed by atoms with Gasteiger partial charge in [0, 0.05) is 12.7 Å². The molecule has 0 radical (unpaired) electrons. The number of nitrogens with one attached hydrogen (secondary N) is 1. The first-order chi connectivity index (χ1) is 8.03. The normalized spacial score (nSPS) is 23.6. The minimum Gasteiger partial charge on any atom is -0.479 e. The summed E-state index contributed by atoms with van der Waals surface area (Å²) in [7, 11) is 0. The Balaban J connectivity index is 2.14. The lowest BCUT2D eigenvalue weighted by Gasteiger charge is -2.23. The second-order valence-electron chi connectivity index (χ2n) is 3.78. The number of amides is 1. The lowest BCUT2D eigenvalue weighted by Crippen LogP contribution is -2.55. The van der Waals surface area contributed by atoms with Crippen LogP contribution in [-0.2, 0) is 4.79 Å². The van der Waals surface area contributed by atoms with Crippen LogP contribution in [0.4, 0.5) is 0 Å². The van der Waals surface area contributed by atoms with Crippen molar-refractivity contribution in [2.24, 2.45) is 0 Å². The van der Waals surface area contributed by atoms with E-state index in [4.69, 9.17) is 0 Å². The summed E-state index contributed by atoms with van der Waals surface area (Å²) < 4.78 is 4.67. The van der Waals surface area contributed by atoms with Crippen molar-refractivity contribution < 1.29 is 19.2 Å². The Morgan fingerprint density at radius 3 is 2.82 bits per heavy atom. The zero-order valence-electron chi connectivity index (χ0n) is 9.10. The lowest BCUT2D eigenvalue weighted by molar-refractivity contribution is -0.143. The fraction of sp³-hybridized carbons (Fsp3) is 0.556. The number of carboxylic acids is 1. The molecule has 1 aliphatic heterocycles. The van der Waals surface area contributed by atoms with E-state index in [-0.39, 0.29) is 11.7 Å². The van der Waals surface area contributed by atoms with Gasteiger partial charge in [-0.3, -0.25) is 4.79 Å². The van der Waals surface area contributed by atoms with Gasteiger partial charge in [0.1, 0.15) is 5.54 Å². The maximum atomic E-state index is 11.8. The van der Waals surface area contributed by atoms with E-state index >= 15 is 0 Å². The Labute approximate surface area is 101 Å². The van der Waals surface area contributed by atoms with E-state index < -0.39 is 17.4 Å². The molecule has 0 aliphatic carbocycles. The van der Waals surface area contributed by atoms with Crippen LogP contribution in [0.25, 0.3) is 0 Å². The van der Waals surface area contributed by atoms with Crippen LogP contribution in [0.3, 0.4) is 0 Å². The zero-order chi connectivity index (χ0) is 12.5. The number of carbonyl (C=O) groups excluding carboxylic acids is 1. The summed E-state index contributed by atoms with van der Waals surface area (Å²) in [6.45, 7) is 1.56. The van der Waals surface area contributed by atoms with Gasteiger partial charge in [0.05, 0.1) is 0 Å². The molecule has 92 valence electrons. The first-order valence-corrected chi connectivity index (χ1v) is 6.13. The summed E-state index contributed by atoms with van der Waals surface area (Å²) in [5.74, 6) is -0.467. The smallest absolute Gasteiger partial charge is 0.330 e. The highest BCUT2D eigenvalue weighted by Gasteiger charge is 2.44. The van der Waals surface area contributed by atoms with E-state index in [0.29, 0.717) is 17.9 Å². The molecule has 8 heteroatoms. The third-order valence-corrected chi connectivity index (χ3v) is 3.70. The van der Waals surface area contributed by atoms with Gasteiger partial charge in [0.2, 0.25) is 5.89 Å². The largest absolute Gasteiger partial charge is 0.479 e. The van der Waals surface area contributed by atoms with Crippen LogP contribution in [0.2, 0.25) is 0 Å². The number of hydrogen-bond acceptors (Lipinski definition) is 6. The first kappa shape index (κ1) is 11.9. The summed E-state index contributed by atoms with van der Waals surface area (Å²) in [6, 6.07) is 0. The lowest BCUT2D eigenvalue weighted by atomic mass is 9.99. The molecule has 2 heterocycles. The second-order valence-corrected chi connectivity index (χ2v) is 4.89. The molecule has 1 saturated heterocycles. The Bertz CT molecular complexity index is 453. The molecule has 0 aromatic carbocycles. The average molecular weight is 257 g/mol. The third kappa shape index (κ3) is 2.26. The van der Waals surface area contributed by atoms with Crippen molar-refractivity contribution in [3.63, 3.8) is 0 Å². The van der Waals surface area contributed by atoms with Gasteiger partial charge in [0.15, 0.2) is 0 Å². The Kier molecular flexibility index (Phi) is 3.05. The molecule has 1 aromatic heterocycles. The van der Waals surface area contributed by atoms with Gasteiger partial charge in [-0.25, -0.2) is 4.79 Å². The Hall–Kier alpha value is -1.57. The van der Waals surface area contributed by atoms with Crippen molar-refractivity contribution >= 4 is 23.6 Å². The summed E-state index contributed by atoms with van der Waals surface area (Å²) in [6.07, 6.45) is 0.398. The summed E-state index contributed by atoms with van der Waals surface area (Å²) >= 11 is 1.49. The molecule has 1 atom stereocenters. The highest BCUT2D eigenvalue weighted by molar-refractivity contribution is 7.99. The number of rotatable bonds is 3. The molecule has 7 nitrogen and oxygen atoms in total. The molecular formula is C9H11N3O4S. The van der Waals surface area contributed by atoms with Crippen LogP contribution in [-0.4, -0.2) is 44.2 Å². The second kappa shape index (κ2) is 4.36. The van der Waals surface area contributed by atoms with Crippen molar-refractivity contribution in [1.29, 1.82) is 0 Å². The molecule has 0 bridgehead atoms. The molecule has 2 rings (SSSR count). The predicted octanol–water partition coefficient (Wildman–Crippen LogP) is 0.0681. The number of nitrogens with zero attached hydrogens (tertiary/aromatic N) is 2. The molecular weight excluding hydrogens is 246 g/mol. The van der Waals surface area contributed by atoms with E-state index in [1.54, 1.807) is 6.92 Å². The number of aliphatic carboxylic acids is 1. The summed E-state index contributed by atoms with van der Waals surface area (Å²) in [4.78, 5) is 26.7. The maximum absolute atomic E-state index is 11.8. The number of thioether (sulfide) groups is 1. The Morgan fingerprint density at radius 1 is 1.59 bits per heavy atom. The highest BCUT2D eigenvalue weighted by Crippen LogP contribution is 2.28. The number of aryl methyl sites for hydroxylation is 1. The van der Waals surface area contributed by atoms with Gasteiger partial charge in [-0.2, -0.15) is 16.7 Å². The zero-order valence-corrected chi connectivity index (χ0v) is 9.91. The fourth-order valence-electron chi connectivity index (χ4n) is 1.55. The molecule has 17 heavy (non-hydrogen) atoms. The predicted molar refractivity (Wildman–Crippen MR) is 58.8 cm³/mol. The topological polar surface area (TPSA) is 105 Å². The number of carboxylic acid groups (broad SMARTS) is 1. The van der Waals surface area contributed by atoms with E-state index in [1.165, 1.54) is 11.8 Å². The standard InChI is InChI=1S/C9H11N3O4S/c1-5-10-6(12-16-5)7(13)11-9(8(14)15)2-3-17-4-9/h2-4H2,1H3,(H,11,13)(H,14,15). The SMILES string of the molecule is Cc1nc(C(=O)NC2(C(=O)O)CCSC2)no1. The Morgan fingerprint density at radius 2 is 2.35 bits per heavy atom. The third-order valence-electron chi connectivity index (χ3n) is 2.51. The number of carbonyl (C=O) groups is 2. The number of aromatic nitrogens is 2. The molecule has 1 aromatic rings. The van der Waals surface area contributed by atoms with Gasteiger partial charge in [-0.15, -0.1) is 0 Å². The fourth-order valence-corrected chi connectivity index (χ4v) is 2.88. The molecule has 0 saturated carbocycles. The number of hydrogen-bond donors (Lipinski definition) is 2. The van der Waals surface area contributed by atoms with Crippen LogP contribution in [0.5, 0.6) is 0 Å². The van der Waals surface area contributed by atoms with Crippen LogP contribution in [0.15, 0.2) is 4.52 Å². The monoisotopic (exact) mass is 257 g/mol. The van der Waals surface area contributed by atoms with E-state index in [2.05, 4.69) is 20.0 Å². The highest BCUT2D eigenvalue weighted by atomic mass is 32.2. The first-order valence-electron chi connectivity index (χ1n) is 4.97. The minimum atomic E-state index is -1.21. The van der Waals surface area contributed by atoms with Gasteiger partial charge >= 0.3 is 5.97 Å². The van der Waals surface area contributed by atoms with Crippen LogP contribution >= 0.6 is 11.8 Å². The van der Waals surface area contributed by atoms with Crippen LogP contribution in [0.1, 0.15) is 22.9 Å². The minimum absolute atomic E-state index is 0.139. The van der Waals surface area contributed by atoms with Crippen molar-refractivity contribution in [2.45, 2.75) is 18.9 Å². The van der Waals surface area contributed by atoms with Crippen molar-refractivity contribution in [1.82, 2.24) is 15.5 Å². The van der Waals surface area contributed by atoms with Crippen molar-refractivity contribution in [2.75, 3.05) is 11.5 Å². The molecule has 1 fully saturated rings. The quantitative estimate of drug-likeness (QED) is 0.789. The molecule has 1 aliphatic rings. The molecule has 2 N–H and O–H groups in total. The van der Waals surface area contributed by atoms with Crippen LogP contribution < -0.4 is 5.32 Å². The summed E-state index contributed by atoms with van der Waals surface area (Å²) in [5.41, 5.74) is -1.21. The molecule has 0 spiro atoms. The average Bonchev–Trinajstić information content (AvgIpc) is 2.87. The maximum Gasteiger partial charge on any atom is 0.330 e. The molecule has 1 amide bonds. The summed E-state index contributed by atoms with van der Waals surface area (Å²) in [5, 5.41) is 15.1. The van der Waals surface area contributed by atoms with Gasteiger partial charge in [0.25, 0.3) is 11.7 Å². The van der Waals surface area contributed by atoms with Crippen LogP contribution in [0, 0.1) is 6.92 Å². The van der Waals surface area contributed by atoms with Gasteiger partial charge < -0.3 is 14.9 Å². The van der Waals surface area contributed by atoms with E-state index in [0.717, 1.165) is 0 Å². The molecule has 1 unspecified atom stereocenters. The van der Waals surface area contributed by atoms with Crippen molar-refractivity contribution in [3.8, 4) is 0 Å².